The lowest BCUT2D eigenvalue weighted by atomic mass is 10.2. The van der Waals surface area contributed by atoms with Crippen molar-refractivity contribution in [3.63, 3.8) is 0 Å². The van der Waals surface area contributed by atoms with Crippen molar-refractivity contribution in [2.45, 2.75) is 77.3 Å². The van der Waals surface area contributed by atoms with Crippen LogP contribution in [0.15, 0.2) is 60.7 Å². The predicted octanol–water partition coefficient (Wildman–Crippen LogP) is 4.94. The number of carbonyl (C=O) groups is 1. The van der Waals surface area contributed by atoms with Crippen LogP contribution < -0.4 is 10.4 Å². The number of ether oxygens (including phenoxy) is 2. The standard InChI is InChI=1S/C27H39NO4Si/c1-26(2,3)32-25(29)28-21(18-19-24(28)30-7)20-31-33(27(4,5)6,22-14-10-8-11-15-22)23-16-12-9-13-17-23/h8-17,21,24H,18-20H2,1-7H3/t21-,24-/m0/s1. The van der Waals surface area contributed by atoms with E-state index in [0.717, 1.165) is 12.8 Å². The molecule has 1 aliphatic heterocycles. The number of nitrogens with zero attached hydrogens (tertiary/aromatic N) is 1. The molecule has 0 bridgehead atoms. The summed E-state index contributed by atoms with van der Waals surface area (Å²) < 4.78 is 18.4. The second kappa shape index (κ2) is 10.00. The van der Waals surface area contributed by atoms with Gasteiger partial charge in [-0.05, 0) is 49.0 Å². The highest BCUT2D eigenvalue weighted by Crippen LogP contribution is 2.38. The highest BCUT2D eigenvalue weighted by atomic mass is 28.4. The molecule has 5 nitrogen and oxygen atoms in total. The van der Waals surface area contributed by atoms with Crippen molar-refractivity contribution in [3.8, 4) is 0 Å². The van der Waals surface area contributed by atoms with Crippen LogP contribution in [0.3, 0.4) is 0 Å². The number of likely N-dealkylation sites (tertiary alicyclic amines) is 1. The molecule has 1 saturated heterocycles. The predicted molar refractivity (Wildman–Crippen MR) is 135 cm³/mol. The second-order valence-corrected chi connectivity index (χ2v) is 15.1. The zero-order valence-corrected chi connectivity index (χ0v) is 22.1. The summed E-state index contributed by atoms with van der Waals surface area (Å²) in [6, 6.07) is 21.0. The Morgan fingerprint density at radius 2 is 1.42 bits per heavy atom. The van der Waals surface area contributed by atoms with Gasteiger partial charge in [-0.15, -0.1) is 0 Å². The molecular formula is C27H39NO4Si. The first-order valence-corrected chi connectivity index (χ1v) is 13.7. The molecule has 1 aliphatic rings. The van der Waals surface area contributed by atoms with Gasteiger partial charge in [-0.3, -0.25) is 4.90 Å². The summed E-state index contributed by atoms with van der Waals surface area (Å²) in [4.78, 5) is 14.8. The minimum absolute atomic E-state index is 0.105. The Kier molecular flexibility index (Phi) is 7.71. The molecule has 0 radical (unpaired) electrons. The number of amides is 1. The molecule has 0 aliphatic carbocycles. The van der Waals surface area contributed by atoms with E-state index in [1.165, 1.54) is 10.4 Å². The third-order valence-corrected chi connectivity index (χ3v) is 11.2. The van der Waals surface area contributed by atoms with E-state index < -0.39 is 13.9 Å². The Labute approximate surface area is 200 Å². The van der Waals surface area contributed by atoms with Crippen molar-refractivity contribution >= 4 is 24.8 Å². The molecule has 3 rings (SSSR count). The highest BCUT2D eigenvalue weighted by molar-refractivity contribution is 6.99. The van der Waals surface area contributed by atoms with Crippen LogP contribution in [-0.2, 0) is 13.9 Å². The molecule has 0 aromatic heterocycles. The van der Waals surface area contributed by atoms with E-state index in [2.05, 4.69) is 69.3 Å². The summed E-state index contributed by atoms with van der Waals surface area (Å²) in [7, 11) is -1.03. The van der Waals surface area contributed by atoms with Crippen molar-refractivity contribution in [1.82, 2.24) is 4.90 Å². The molecule has 33 heavy (non-hydrogen) atoms. The summed E-state index contributed by atoms with van der Waals surface area (Å²) in [5, 5.41) is 2.34. The maximum atomic E-state index is 13.1. The maximum absolute atomic E-state index is 13.1. The Bertz CT molecular complexity index is 866. The van der Waals surface area contributed by atoms with Crippen LogP contribution in [0.25, 0.3) is 0 Å². The average Bonchev–Trinajstić information content (AvgIpc) is 3.17. The first-order valence-electron chi connectivity index (χ1n) is 11.8. The van der Waals surface area contributed by atoms with Gasteiger partial charge in [-0.2, -0.15) is 0 Å². The molecule has 180 valence electrons. The normalized spacial score (nSPS) is 19.5. The van der Waals surface area contributed by atoms with Crippen LogP contribution in [0, 0.1) is 0 Å². The fraction of sp³-hybridized carbons (Fsp3) is 0.519. The average molecular weight is 470 g/mol. The fourth-order valence-electron chi connectivity index (χ4n) is 4.81. The fourth-order valence-corrected chi connectivity index (χ4v) is 9.41. The molecule has 2 atom stereocenters. The van der Waals surface area contributed by atoms with Crippen LogP contribution in [0.1, 0.15) is 54.4 Å². The first kappa shape index (κ1) is 25.5. The zero-order chi connectivity index (χ0) is 24.3. The lowest BCUT2D eigenvalue weighted by molar-refractivity contribution is -0.0462. The molecule has 6 heteroatoms. The molecule has 2 aromatic carbocycles. The Balaban J connectivity index is 1.98. The van der Waals surface area contributed by atoms with Gasteiger partial charge < -0.3 is 13.9 Å². The van der Waals surface area contributed by atoms with Gasteiger partial charge in [0.1, 0.15) is 11.8 Å². The summed E-state index contributed by atoms with van der Waals surface area (Å²) in [6.45, 7) is 12.9. The quantitative estimate of drug-likeness (QED) is 0.563. The van der Waals surface area contributed by atoms with Gasteiger partial charge in [0, 0.05) is 7.11 Å². The van der Waals surface area contributed by atoms with E-state index in [-0.39, 0.29) is 23.4 Å². The third kappa shape index (κ3) is 5.50. The third-order valence-electron chi connectivity index (χ3n) is 6.24. The van der Waals surface area contributed by atoms with Crippen LogP contribution >= 0.6 is 0 Å². The Morgan fingerprint density at radius 1 is 0.909 bits per heavy atom. The van der Waals surface area contributed by atoms with Crippen molar-refractivity contribution < 1.29 is 18.7 Å². The van der Waals surface area contributed by atoms with Crippen molar-refractivity contribution in [2.24, 2.45) is 0 Å². The minimum Gasteiger partial charge on any atom is -0.444 e. The molecule has 0 spiro atoms. The number of rotatable bonds is 6. The van der Waals surface area contributed by atoms with Gasteiger partial charge in [0.15, 0.2) is 0 Å². The van der Waals surface area contributed by atoms with Crippen LogP contribution in [-0.4, -0.2) is 50.9 Å². The summed E-state index contributed by atoms with van der Waals surface area (Å²) >= 11 is 0. The van der Waals surface area contributed by atoms with Gasteiger partial charge in [0.05, 0.1) is 12.6 Å². The number of hydrogen-bond acceptors (Lipinski definition) is 4. The van der Waals surface area contributed by atoms with Gasteiger partial charge in [-0.25, -0.2) is 4.79 Å². The highest BCUT2D eigenvalue weighted by Gasteiger charge is 2.51. The topological polar surface area (TPSA) is 48.0 Å². The molecule has 0 N–H and O–H groups in total. The zero-order valence-electron chi connectivity index (χ0n) is 21.1. The van der Waals surface area contributed by atoms with Crippen LogP contribution in [0.4, 0.5) is 4.79 Å². The first-order chi connectivity index (χ1) is 15.5. The number of hydrogen-bond donors (Lipinski definition) is 0. The SMILES string of the molecule is CO[C@H]1CC[C@@H](CO[Si](c2ccccc2)(c2ccccc2)C(C)(C)C)N1C(=O)OC(C)(C)C. The number of benzene rings is 2. The smallest absolute Gasteiger partial charge is 0.412 e. The Hall–Kier alpha value is -2.15. The molecular weight excluding hydrogens is 430 g/mol. The maximum Gasteiger partial charge on any atom is 0.412 e. The van der Waals surface area contributed by atoms with Crippen LogP contribution in [0.2, 0.25) is 5.04 Å². The summed E-state index contributed by atoms with van der Waals surface area (Å²) in [5.74, 6) is 0. The van der Waals surface area contributed by atoms with Crippen LogP contribution in [0.5, 0.6) is 0 Å². The monoisotopic (exact) mass is 469 g/mol. The lowest BCUT2D eigenvalue weighted by Gasteiger charge is -2.44. The van der Waals surface area contributed by atoms with Gasteiger partial charge >= 0.3 is 6.09 Å². The molecule has 0 unspecified atom stereocenters. The number of methoxy groups -OCH3 is 1. The van der Waals surface area contributed by atoms with Crippen molar-refractivity contribution in [2.75, 3.05) is 13.7 Å². The van der Waals surface area contributed by atoms with Crippen molar-refractivity contribution in [1.29, 1.82) is 0 Å². The second-order valence-electron chi connectivity index (χ2n) is 10.8. The van der Waals surface area contributed by atoms with E-state index in [1.807, 2.05) is 32.9 Å². The number of carbonyl (C=O) groups excluding carboxylic acids is 1. The molecule has 0 saturated carbocycles. The van der Waals surface area contributed by atoms with Gasteiger partial charge in [-0.1, -0.05) is 81.4 Å². The minimum atomic E-state index is -2.68. The van der Waals surface area contributed by atoms with E-state index in [4.69, 9.17) is 13.9 Å². The Morgan fingerprint density at radius 3 is 1.85 bits per heavy atom. The summed E-state index contributed by atoms with van der Waals surface area (Å²) in [6.07, 6.45) is 0.941. The van der Waals surface area contributed by atoms with Crippen molar-refractivity contribution in [3.05, 3.63) is 60.7 Å². The van der Waals surface area contributed by atoms with E-state index in [1.54, 1.807) is 12.0 Å². The molecule has 1 fully saturated rings. The largest absolute Gasteiger partial charge is 0.444 e. The molecule has 1 heterocycles. The van der Waals surface area contributed by atoms with Gasteiger partial charge in [0.25, 0.3) is 8.32 Å². The van der Waals surface area contributed by atoms with E-state index in [0.29, 0.717) is 6.61 Å². The van der Waals surface area contributed by atoms with E-state index in [9.17, 15) is 4.79 Å². The van der Waals surface area contributed by atoms with E-state index >= 15 is 0 Å². The summed E-state index contributed by atoms with van der Waals surface area (Å²) in [5.41, 5.74) is -0.568. The lowest BCUT2D eigenvalue weighted by Crippen LogP contribution is -2.67. The molecule has 2 aromatic rings. The van der Waals surface area contributed by atoms with Gasteiger partial charge in [0.2, 0.25) is 0 Å². The molecule has 1 amide bonds.